The SMILES string of the molecule is O=C(Nc1ccc(-n2cnnn2)cc1)c1cc(=O)c2cc(Cl)ccc2o1. The molecule has 4 rings (SSSR count). The minimum atomic E-state index is -0.533. The molecule has 1 amide bonds. The summed E-state index contributed by atoms with van der Waals surface area (Å²) in [7, 11) is 0. The smallest absolute Gasteiger partial charge is 0.291 e. The molecule has 0 saturated carbocycles. The molecule has 0 aliphatic carbocycles. The van der Waals surface area contributed by atoms with E-state index in [9.17, 15) is 9.59 Å². The lowest BCUT2D eigenvalue weighted by Crippen LogP contribution is -2.15. The zero-order valence-electron chi connectivity index (χ0n) is 13.1. The number of carbonyl (C=O) groups is 1. The van der Waals surface area contributed by atoms with Crippen LogP contribution in [0.1, 0.15) is 10.6 Å². The molecule has 128 valence electrons. The highest BCUT2D eigenvalue weighted by atomic mass is 35.5. The monoisotopic (exact) mass is 367 g/mol. The Morgan fingerprint density at radius 1 is 1.12 bits per heavy atom. The largest absolute Gasteiger partial charge is 0.451 e. The van der Waals surface area contributed by atoms with E-state index in [1.807, 2.05) is 0 Å². The summed E-state index contributed by atoms with van der Waals surface area (Å²) >= 11 is 5.88. The molecule has 0 spiro atoms. The molecule has 1 N–H and O–H groups in total. The molecule has 9 heteroatoms. The highest BCUT2D eigenvalue weighted by Gasteiger charge is 2.13. The quantitative estimate of drug-likeness (QED) is 0.597. The van der Waals surface area contributed by atoms with E-state index in [0.29, 0.717) is 21.7 Å². The fourth-order valence-corrected chi connectivity index (χ4v) is 2.58. The fraction of sp³-hybridized carbons (Fsp3) is 0. The molecule has 2 heterocycles. The van der Waals surface area contributed by atoms with E-state index in [0.717, 1.165) is 11.8 Å². The van der Waals surface area contributed by atoms with Gasteiger partial charge < -0.3 is 9.73 Å². The summed E-state index contributed by atoms with van der Waals surface area (Å²) in [6, 6.07) is 12.6. The van der Waals surface area contributed by atoms with Crippen LogP contribution in [0.25, 0.3) is 16.7 Å². The average Bonchev–Trinajstić information content (AvgIpc) is 3.17. The zero-order chi connectivity index (χ0) is 18.1. The first-order valence-corrected chi connectivity index (χ1v) is 7.86. The van der Waals surface area contributed by atoms with Gasteiger partial charge in [0.25, 0.3) is 5.91 Å². The molecular weight excluding hydrogens is 358 g/mol. The number of tetrazole rings is 1. The second-order valence-electron chi connectivity index (χ2n) is 5.37. The number of halogens is 1. The number of amides is 1. The van der Waals surface area contributed by atoms with Crippen molar-refractivity contribution in [3.05, 3.63) is 75.9 Å². The first-order chi connectivity index (χ1) is 12.6. The molecule has 0 atom stereocenters. The van der Waals surface area contributed by atoms with Crippen molar-refractivity contribution in [1.29, 1.82) is 0 Å². The molecule has 0 saturated heterocycles. The summed E-state index contributed by atoms with van der Waals surface area (Å²) in [6.07, 6.45) is 1.46. The summed E-state index contributed by atoms with van der Waals surface area (Å²) in [5.74, 6) is -0.622. The third-order valence-electron chi connectivity index (χ3n) is 3.65. The van der Waals surface area contributed by atoms with Crippen molar-refractivity contribution in [1.82, 2.24) is 20.2 Å². The summed E-state index contributed by atoms with van der Waals surface area (Å²) < 4.78 is 7.00. The molecule has 26 heavy (non-hydrogen) atoms. The van der Waals surface area contributed by atoms with Gasteiger partial charge in [0.15, 0.2) is 11.2 Å². The molecule has 2 aromatic heterocycles. The second-order valence-corrected chi connectivity index (χ2v) is 5.81. The maximum Gasteiger partial charge on any atom is 0.291 e. The Morgan fingerprint density at radius 3 is 2.65 bits per heavy atom. The lowest BCUT2D eigenvalue weighted by Gasteiger charge is -2.06. The van der Waals surface area contributed by atoms with Crippen LogP contribution in [0.4, 0.5) is 5.69 Å². The molecule has 0 fully saturated rings. The van der Waals surface area contributed by atoms with E-state index in [1.54, 1.807) is 36.4 Å². The van der Waals surface area contributed by atoms with Gasteiger partial charge in [-0.1, -0.05) is 11.6 Å². The Labute approximate surface area is 151 Å². The van der Waals surface area contributed by atoms with E-state index in [-0.39, 0.29) is 11.2 Å². The van der Waals surface area contributed by atoms with Crippen LogP contribution in [0, 0.1) is 0 Å². The van der Waals surface area contributed by atoms with Crippen molar-refractivity contribution in [3.63, 3.8) is 0 Å². The molecule has 8 nitrogen and oxygen atoms in total. The number of rotatable bonds is 3. The van der Waals surface area contributed by atoms with Crippen molar-refractivity contribution >= 4 is 34.2 Å². The molecule has 0 aliphatic rings. The van der Waals surface area contributed by atoms with E-state index in [1.165, 1.54) is 17.1 Å². The molecule has 0 radical (unpaired) electrons. The van der Waals surface area contributed by atoms with E-state index in [4.69, 9.17) is 16.0 Å². The maximum atomic E-state index is 12.4. The number of nitrogens with zero attached hydrogens (tertiary/aromatic N) is 4. The van der Waals surface area contributed by atoms with E-state index < -0.39 is 5.91 Å². The lowest BCUT2D eigenvalue weighted by atomic mass is 10.2. The average molecular weight is 368 g/mol. The minimum Gasteiger partial charge on any atom is -0.451 e. The summed E-state index contributed by atoms with van der Waals surface area (Å²) in [5, 5.41) is 14.3. The lowest BCUT2D eigenvalue weighted by molar-refractivity contribution is 0.0997. The van der Waals surface area contributed by atoms with Crippen LogP contribution in [-0.2, 0) is 0 Å². The minimum absolute atomic E-state index is 0.0885. The fourth-order valence-electron chi connectivity index (χ4n) is 2.41. The van der Waals surface area contributed by atoms with Crippen LogP contribution >= 0.6 is 11.6 Å². The molecule has 0 unspecified atom stereocenters. The molecule has 0 bridgehead atoms. The van der Waals surface area contributed by atoms with Crippen LogP contribution in [0.2, 0.25) is 5.02 Å². The number of benzene rings is 2. The van der Waals surface area contributed by atoms with Crippen molar-refractivity contribution in [2.75, 3.05) is 5.32 Å². The number of nitrogens with one attached hydrogen (secondary N) is 1. The number of anilines is 1. The van der Waals surface area contributed by atoms with Crippen LogP contribution in [-0.4, -0.2) is 26.1 Å². The topological polar surface area (TPSA) is 103 Å². The number of carbonyl (C=O) groups excluding carboxylic acids is 1. The molecule has 4 aromatic rings. The number of hydrogen-bond acceptors (Lipinski definition) is 6. The van der Waals surface area contributed by atoms with E-state index >= 15 is 0 Å². The van der Waals surface area contributed by atoms with Gasteiger partial charge >= 0.3 is 0 Å². The van der Waals surface area contributed by atoms with Crippen molar-refractivity contribution < 1.29 is 9.21 Å². The molecular formula is C17H10ClN5O3. The van der Waals surface area contributed by atoms with Gasteiger partial charge in [-0.25, -0.2) is 4.68 Å². The van der Waals surface area contributed by atoms with Crippen molar-refractivity contribution in [3.8, 4) is 5.69 Å². The number of hydrogen-bond donors (Lipinski definition) is 1. The van der Waals surface area contributed by atoms with Gasteiger partial charge in [-0.15, -0.1) is 5.10 Å². The standard InChI is InChI=1S/C17H10ClN5O3/c18-10-1-6-15-13(7-10)14(24)8-16(26-15)17(25)20-11-2-4-12(5-3-11)23-9-19-21-22-23/h1-9H,(H,20,25). The van der Waals surface area contributed by atoms with Gasteiger partial charge in [0.1, 0.15) is 11.9 Å². The molecule has 2 aromatic carbocycles. The second kappa shape index (κ2) is 6.41. The first kappa shape index (κ1) is 16.0. The summed E-state index contributed by atoms with van der Waals surface area (Å²) in [6.45, 7) is 0. The van der Waals surface area contributed by atoms with Crippen molar-refractivity contribution in [2.24, 2.45) is 0 Å². The highest BCUT2D eigenvalue weighted by Crippen LogP contribution is 2.19. The predicted octanol–water partition coefficient (Wildman–Crippen LogP) is 2.67. The maximum absolute atomic E-state index is 12.4. The Hall–Kier alpha value is -3.52. The van der Waals surface area contributed by atoms with Gasteiger partial charge in [-0.05, 0) is 52.9 Å². The third kappa shape index (κ3) is 3.05. The van der Waals surface area contributed by atoms with Gasteiger partial charge in [0, 0.05) is 16.8 Å². The Balaban J connectivity index is 1.59. The van der Waals surface area contributed by atoms with Gasteiger partial charge in [-0.3, -0.25) is 9.59 Å². The summed E-state index contributed by atoms with van der Waals surface area (Å²) in [4.78, 5) is 24.5. The van der Waals surface area contributed by atoms with Gasteiger partial charge in [0.05, 0.1) is 11.1 Å². The Kier molecular flexibility index (Phi) is 3.94. The highest BCUT2D eigenvalue weighted by molar-refractivity contribution is 6.31. The van der Waals surface area contributed by atoms with Crippen molar-refractivity contribution in [2.45, 2.75) is 0 Å². The van der Waals surface area contributed by atoms with Crippen LogP contribution in [0.3, 0.4) is 0 Å². The zero-order valence-corrected chi connectivity index (χ0v) is 13.8. The summed E-state index contributed by atoms with van der Waals surface area (Å²) in [5.41, 5.74) is 1.22. The first-order valence-electron chi connectivity index (χ1n) is 7.48. The van der Waals surface area contributed by atoms with Crippen LogP contribution in [0.15, 0.2) is 64.1 Å². The van der Waals surface area contributed by atoms with Crippen LogP contribution in [0.5, 0.6) is 0 Å². The Bertz CT molecular complexity index is 1150. The predicted molar refractivity (Wildman–Crippen MR) is 94.6 cm³/mol. The molecule has 0 aliphatic heterocycles. The van der Waals surface area contributed by atoms with E-state index in [2.05, 4.69) is 20.8 Å². The number of fused-ring (bicyclic) bond motifs is 1. The number of aromatic nitrogens is 4. The Morgan fingerprint density at radius 2 is 1.92 bits per heavy atom. The van der Waals surface area contributed by atoms with Gasteiger partial charge in [-0.2, -0.15) is 0 Å². The normalized spacial score (nSPS) is 10.8. The van der Waals surface area contributed by atoms with Gasteiger partial charge in [0.2, 0.25) is 0 Å². The third-order valence-corrected chi connectivity index (χ3v) is 3.89. The van der Waals surface area contributed by atoms with Crippen LogP contribution < -0.4 is 10.7 Å².